The highest BCUT2D eigenvalue weighted by Gasteiger charge is 2.47. The lowest BCUT2D eigenvalue weighted by Gasteiger charge is -2.43. The van der Waals surface area contributed by atoms with E-state index in [-0.39, 0.29) is 0 Å². The van der Waals surface area contributed by atoms with Gasteiger partial charge < -0.3 is 4.74 Å². The van der Waals surface area contributed by atoms with Gasteiger partial charge in [-0.2, -0.15) is 0 Å². The van der Waals surface area contributed by atoms with E-state index in [4.69, 9.17) is 4.74 Å². The summed E-state index contributed by atoms with van der Waals surface area (Å²) in [6.45, 7) is 4.88. The average molecular weight is 325 g/mol. The summed E-state index contributed by atoms with van der Waals surface area (Å²) in [4.78, 5) is 0. The standard InChI is InChI=1S/C23H32O/c1-4-5-13-23(2)14-12-21-20-8-6-16-15-17(24-3)7-9-18(16)19(20)10-11-22(21)23/h7,9,11,15,19-21H,4-6,8,10,12-14H2,1-3H3/t19-,20-,21+,23-/m1/s1. The van der Waals surface area contributed by atoms with Gasteiger partial charge in [0.1, 0.15) is 5.75 Å². The zero-order valence-electron chi connectivity index (χ0n) is 15.6. The number of unbranched alkanes of at least 4 members (excludes halogenated alkanes) is 1. The first-order chi connectivity index (χ1) is 11.7. The first-order valence-electron chi connectivity index (χ1n) is 10.0. The Balaban J connectivity index is 1.62. The molecule has 0 saturated heterocycles. The summed E-state index contributed by atoms with van der Waals surface area (Å²) in [5.74, 6) is 3.52. The third-order valence-electron chi connectivity index (χ3n) is 7.31. The maximum Gasteiger partial charge on any atom is 0.119 e. The molecular formula is C23H32O. The normalized spacial score (nSPS) is 34.1. The molecule has 0 aromatic heterocycles. The lowest BCUT2D eigenvalue weighted by Crippen LogP contribution is -2.31. The Hall–Kier alpha value is -1.24. The molecule has 1 heteroatoms. The van der Waals surface area contributed by atoms with Gasteiger partial charge >= 0.3 is 0 Å². The van der Waals surface area contributed by atoms with Crippen molar-refractivity contribution >= 4 is 0 Å². The molecule has 1 aromatic carbocycles. The van der Waals surface area contributed by atoms with Crippen molar-refractivity contribution in [3.63, 3.8) is 0 Å². The number of rotatable bonds is 4. The molecule has 0 heterocycles. The van der Waals surface area contributed by atoms with E-state index in [0.29, 0.717) is 5.41 Å². The molecule has 0 bridgehead atoms. The van der Waals surface area contributed by atoms with Gasteiger partial charge in [0, 0.05) is 0 Å². The zero-order chi connectivity index (χ0) is 16.7. The van der Waals surface area contributed by atoms with Crippen LogP contribution in [0.15, 0.2) is 29.8 Å². The smallest absolute Gasteiger partial charge is 0.119 e. The third-order valence-corrected chi connectivity index (χ3v) is 7.31. The summed E-state index contributed by atoms with van der Waals surface area (Å²) in [5.41, 5.74) is 5.50. The lowest BCUT2D eigenvalue weighted by atomic mass is 9.62. The minimum absolute atomic E-state index is 0.506. The quantitative estimate of drug-likeness (QED) is 0.592. The molecule has 0 amide bonds. The van der Waals surface area contributed by atoms with Gasteiger partial charge in [-0.1, -0.05) is 44.4 Å². The van der Waals surface area contributed by atoms with Crippen LogP contribution in [0, 0.1) is 17.3 Å². The highest BCUT2D eigenvalue weighted by molar-refractivity contribution is 5.42. The minimum Gasteiger partial charge on any atom is -0.497 e. The molecule has 0 unspecified atom stereocenters. The van der Waals surface area contributed by atoms with Crippen molar-refractivity contribution < 1.29 is 4.74 Å². The second kappa shape index (κ2) is 6.24. The lowest BCUT2D eigenvalue weighted by molar-refractivity contribution is 0.261. The van der Waals surface area contributed by atoms with Crippen molar-refractivity contribution in [2.75, 3.05) is 7.11 Å². The largest absolute Gasteiger partial charge is 0.497 e. The van der Waals surface area contributed by atoms with Crippen molar-refractivity contribution in [1.82, 2.24) is 0 Å². The molecule has 1 saturated carbocycles. The fourth-order valence-electron chi connectivity index (χ4n) is 5.98. The summed E-state index contributed by atoms with van der Waals surface area (Å²) in [6, 6.07) is 6.81. The van der Waals surface area contributed by atoms with E-state index in [1.54, 1.807) is 18.2 Å². The fraction of sp³-hybridized carbons (Fsp3) is 0.652. The molecule has 1 aromatic rings. The van der Waals surface area contributed by atoms with E-state index in [2.05, 4.69) is 38.1 Å². The summed E-state index contributed by atoms with van der Waals surface area (Å²) >= 11 is 0. The maximum atomic E-state index is 5.44. The van der Waals surface area contributed by atoms with Gasteiger partial charge in [-0.05, 0) is 85.0 Å². The van der Waals surface area contributed by atoms with E-state index in [9.17, 15) is 0 Å². The van der Waals surface area contributed by atoms with E-state index in [0.717, 1.165) is 23.5 Å². The van der Waals surface area contributed by atoms with E-state index in [1.165, 1.54) is 51.4 Å². The molecule has 130 valence electrons. The zero-order valence-corrected chi connectivity index (χ0v) is 15.6. The van der Waals surface area contributed by atoms with Crippen molar-refractivity contribution in [2.24, 2.45) is 17.3 Å². The average Bonchev–Trinajstić information content (AvgIpc) is 2.96. The number of methoxy groups -OCH3 is 1. The summed E-state index contributed by atoms with van der Waals surface area (Å²) in [7, 11) is 1.78. The highest BCUT2D eigenvalue weighted by Crippen LogP contribution is 2.59. The number of hydrogen-bond donors (Lipinski definition) is 0. The van der Waals surface area contributed by atoms with Gasteiger partial charge in [0.25, 0.3) is 0 Å². The van der Waals surface area contributed by atoms with Crippen LogP contribution in [0.5, 0.6) is 5.75 Å². The minimum atomic E-state index is 0.506. The highest BCUT2D eigenvalue weighted by atomic mass is 16.5. The SMILES string of the molecule is CCCC[C@]1(C)CC[C@@H]2C1=CC[C@@H]1c3ccc(OC)cc3CC[C@@H]21. The summed E-state index contributed by atoms with van der Waals surface area (Å²) in [5, 5.41) is 0. The van der Waals surface area contributed by atoms with Gasteiger partial charge in [-0.25, -0.2) is 0 Å². The van der Waals surface area contributed by atoms with Crippen molar-refractivity contribution in [3.05, 3.63) is 41.0 Å². The van der Waals surface area contributed by atoms with E-state index < -0.39 is 0 Å². The Bertz CT molecular complexity index is 643. The predicted octanol–water partition coefficient (Wildman–Crippen LogP) is 6.28. The number of benzene rings is 1. The second-order valence-electron chi connectivity index (χ2n) is 8.58. The molecule has 4 atom stereocenters. The number of allylic oxidation sites excluding steroid dienone is 2. The van der Waals surface area contributed by atoms with Crippen LogP contribution >= 0.6 is 0 Å². The van der Waals surface area contributed by atoms with Crippen LogP contribution in [-0.4, -0.2) is 7.11 Å². The molecule has 0 radical (unpaired) electrons. The Morgan fingerprint density at radius 3 is 2.88 bits per heavy atom. The molecule has 3 aliphatic rings. The van der Waals surface area contributed by atoms with Crippen LogP contribution in [0.1, 0.15) is 75.8 Å². The number of hydrogen-bond acceptors (Lipinski definition) is 1. The molecular weight excluding hydrogens is 292 g/mol. The second-order valence-corrected chi connectivity index (χ2v) is 8.58. The Morgan fingerprint density at radius 2 is 2.08 bits per heavy atom. The van der Waals surface area contributed by atoms with Gasteiger partial charge in [0.2, 0.25) is 0 Å². The Kier molecular flexibility index (Phi) is 4.22. The first kappa shape index (κ1) is 16.2. The molecule has 24 heavy (non-hydrogen) atoms. The molecule has 0 spiro atoms. The number of aryl methyl sites for hydroxylation is 1. The number of fused-ring (bicyclic) bond motifs is 5. The van der Waals surface area contributed by atoms with Crippen LogP contribution in [0.4, 0.5) is 0 Å². The van der Waals surface area contributed by atoms with E-state index in [1.807, 2.05) is 5.57 Å². The van der Waals surface area contributed by atoms with Gasteiger partial charge in [0.15, 0.2) is 0 Å². The Morgan fingerprint density at radius 1 is 1.21 bits per heavy atom. The topological polar surface area (TPSA) is 9.23 Å². The van der Waals surface area contributed by atoms with Crippen LogP contribution in [0.25, 0.3) is 0 Å². The van der Waals surface area contributed by atoms with Gasteiger partial charge in [-0.15, -0.1) is 0 Å². The van der Waals surface area contributed by atoms with Gasteiger partial charge in [-0.3, -0.25) is 0 Å². The fourth-order valence-corrected chi connectivity index (χ4v) is 5.98. The third kappa shape index (κ3) is 2.52. The maximum absolute atomic E-state index is 5.44. The molecule has 1 nitrogen and oxygen atoms in total. The first-order valence-corrected chi connectivity index (χ1v) is 10.0. The predicted molar refractivity (Wildman–Crippen MR) is 101 cm³/mol. The number of ether oxygens (including phenoxy) is 1. The summed E-state index contributed by atoms with van der Waals surface area (Å²) < 4.78 is 5.44. The van der Waals surface area contributed by atoms with Crippen LogP contribution in [0.2, 0.25) is 0 Å². The van der Waals surface area contributed by atoms with Crippen molar-refractivity contribution in [3.8, 4) is 5.75 Å². The van der Waals surface area contributed by atoms with Crippen molar-refractivity contribution in [1.29, 1.82) is 0 Å². The van der Waals surface area contributed by atoms with Crippen molar-refractivity contribution in [2.45, 2.75) is 71.1 Å². The molecule has 0 aliphatic heterocycles. The van der Waals surface area contributed by atoms with Crippen LogP contribution < -0.4 is 4.74 Å². The molecule has 4 rings (SSSR count). The van der Waals surface area contributed by atoms with Gasteiger partial charge in [0.05, 0.1) is 7.11 Å². The van der Waals surface area contributed by atoms with E-state index >= 15 is 0 Å². The monoisotopic (exact) mass is 324 g/mol. The molecule has 3 aliphatic carbocycles. The Labute approximate surface area is 147 Å². The molecule has 1 fully saturated rings. The van der Waals surface area contributed by atoms with Crippen LogP contribution in [-0.2, 0) is 6.42 Å². The summed E-state index contributed by atoms with van der Waals surface area (Å²) in [6.07, 6.45) is 13.5. The van der Waals surface area contributed by atoms with Crippen LogP contribution in [0.3, 0.4) is 0 Å². The molecule has 0 N–H and O–H groups in total.